The van der Waals surface area contributed by atoms with Crippen LogP contribution in [0.3, 0.4) is 0 Å². The van der Waals surface area contributed by atoms with Gasteiger partial charge in [-0.3, -0.25) is 29.1 Å². The summed E-state index contributed by atoms with van der Waals surface area (Å²) in [5, 5.41) is 67.3. The lowest BCUT2D eigenvalue weighted by atomic mass is 9.98. The zero-order valence-corrected chi connectivity index (χ0v) is 47.0. The third kappa shape index (κ3) is 10.5. The zero-order valence-electron chi connectivity index (χ0n) is 46.3. The molecule has 9 atom stereocenters. The van der Waals surface area contributed by atoms with Crippen molar-refractivity contribution in [2.45, 2.75) is 147 Å². The Kier molecular flexibility index (Phi) is 16.4. The predicted molar refractivity (Wildman–Crippen MR) is 300 cm³/mol. The van der Waals surface area contributed by atoms with Crippen molar-refractivity contribution in [1.29, 1.82) is 21.0 Å². The van der Waals surface area contributed by atoms with Crippen LogP contribution >= 0.6 is 11.6 Å². The van der Waals surface area contributed by atoms with Gasteiger partial charge in [0.05, 0.1) is 78.0 Å². The van der Waals surface area contributed by atoms with Gasteiger partial charge in [-0.05, 0) is 165 Å². The maximum absolute atomic E-state index is 14.1. The number of benzene rings is 3. The van der Waals surface area contributed by atoms with Crippen molar-refractivity contribution < 1.29 is 38.5 Å². The van der Waals surface area contributed by atoms with Gasteiger partial charge in [0.2, 0.25) is 0 Å². The van der Waals surface area contributed by atoms with Crippen LogP contribution in [0.4, 0.5) is 8.78 Å². The Morgan fingerprint density at radius 3 is 1.29 bits per heavy atom. The normalized spacial score (nSPS) is 24.1. The average molecular weight is 1130 g/mol. The average Bonchev–Trinajstić information content (AvgIpc) is 4.53. The molecule has 16 nitrogen and oxygen atoms in total. The number of carbonyl (C=O) groups is 3. The SMILES string of the molecule is Cc1c(C#N)c(C(=O)CN2C3CCC2[C@@H](O)C3)c(C)n1-c1ccc(C#N)cc1.Cc1c(C(=O)CN2C3CCC2[C@@H](O)C3)cc(Cl)n1-c1ccc(C#N)cc1.Cc1cc(C(=O)CN2C3CCC2[C@@H](O)C3)c(C)n1-c1cc(F)c(C#N)c(F)c1. The first kappa shape index (κ1) is 57.6. The number of fused-ring (bicyclic) bond motifs is 6. The van der Waals surface area contributed by atoms with Gasteiger partial charge < -0.3 is 29.0 Å². The molecule has 3 aromatic carbocycles. The number of aryl methyl sites for hydroxylation is 1. The maximum Gasteiger partial charge on any atom is 0.180 e. The smallest absolute Gasteiger partial charge is 0.180 e. The molecule has 19 heteroatoms. The van der Waals surface area contributed by atoms with E-state index < -0.39 is 17.2 Å². The molecule has 6 fully saturated rings. The van der Waals surface area contributed by atoms with Crippen molar-refractivity contribution in [3.05, 3.63) is 157 Å². The van der Waals surface area contributed by atoms with Crippen LogP contribution in [0, 0.1) is 91.6 Å². The number of nitriles is 4. The van der Waals surface area contributed by atoms with E-state index in [0.717, 1.165) is 92.0 Å². The van der Waals surface area contributed by atoms with Crippen LogP contribution in [0.25, 0.3) is 17.1 Å². The molecule has 0 saturated carbocycles. The van der Waals surface area contributed by atoms with E-state index in [9.17, 15) is 43.7 Å². The molecule has 6 saturated heterocycles. The number of nitrogens with zero attached hydrogens (tertiary/aromatic N) is 10. The van der Waals surface area contributed by atoms with Gasteiger partial charge >= 0.3 is 0 Å². The van der Waals surface area contributed by atoms with Crippen molar-refractivity contribution in [2.75, 3.05) is 19.6 Å². The van der Waals surface area contributed by atoms with Gasteiger partial charge in [-0.2, -0.15) is 21.0 Å². The summed E-state index contributed by atoms with van der Waals surface area (Å²) in [6.07, 6.45) is 7.04. The monoisotopic (exact) mass is 1130 g/mol. The van der Waals surface area contributed by atoms with E-state index in [1.54, 1.807) is 54.8 Å². The summed E-state index contributed by atoms with van der Waals surface area (Å²) in [6.45, 7) is 9.86. The number of hydrogen-bond donors (Lipinski definition) is 3. The Balaban J connectivity index is 0.000000138. The molecule has 9 heterocycles. The van der Waals surface area contributed by atoms with Crippen LogP contribution < -0.4 is 0 Å². The molecule has 6 aliphatic heterocycles. The fraction of sp³-hybridized carbons (Fsp3) is 0.413. The molecule has 3 aromatic heterocycles. The Labute approximate surface area is 479 Å². The number of rotatable bonds is 12. The summed E-state index contributed by atoms with van der Waals surface area (Å²) < 4.78 is 33.5. The van der Waals surface area contributed by atoms with Crippen LogP contribution in [0.2, 0.25) is 5.15 Å². The van der Waals surface area contributed by atoms with Crippen molar-refractivity contribution in [2.24, 2.45) is 0 Å². The van der Waals surface area contributed by atoms with Crippen LogP contribution in [0.1, 0.15) is 140 Å². The van der Waals surface area contributed by atoms with Crippen LogP contribution in [0.5, 0.6) is 0 Å². The van der Waals surface area contributed by atoms with Crippen molar-refractivity contribution >= 4 is 29.0 Å². The fourth-order valence-electron chi connectivity index (χ4n) is 14.2. The van der Waals surface area contributed by atoms with Gasteiger partial charge in [-0.1, -0.05) is 11.6 Å². The molecule has 6 aromatic rings. The van der Waals surface area contributed by atoms with Gasteiger partial charge in [0.1, 0.15) is 34.5 Å². The summed E-state index contributed by atoms with van der Waals surface area (Å²) in [5.41, 5.74) is 7.89. The highest BCUT2D eigenvalue weighted by atomic mass is 35.5. The number of aliphatic hydroxyl groups is 3. The number of carbonyl (C=O) groups excluding carboxylic acids is 3. The molecule has 0 spiro atoms. The highest BCUT2D eigenvalue weighted by Gasteiger charge is 2.48. The molecule has 6 unspecified atom stereocenters. The number of aliphatic hydroxyl groups excluding tert-OH is 3. The topological polar surface area (TPSA) is 232 Å². The quantitative estimate of drug-likeness (QED) is 0.0975. The molecule has 422 valence electrons. The molecule has 0 amide bonds. The molecule has 0 aliphatic carbocycles. The third-order valence-corrected chi connectivity index (χ3v) is 18.4. The van der Waals surface area contributed by atoms with E-state index in [1.807, 2.05) is 54.2 Å². The van der Waals surface area contributed by atoms with Gasteiger partial charge in [0.15, 0.2) is 17.3 Å². The number of halogens is 3. The van der Waals surface area contributed by atoms with Gasteiger partial charge in [-0.25, -0.2) is 8.78 Å². The molecular weight excluding hydrogens is 1070 g/mol. The second-order valence-electron chi connectivity index (χ2n) is 22.6. The summed E-state index contributed by atoms with van der Waals surface area (Å²) in [5.74, 6) is -1.97. The summed E-state index contributed by atoms with van der Waals surface area (Å²) in [6, 6.07) is 28.8. The molecular formula is C63H63ClF2N10O6. The second-order valence-corrected chi connectivity index (χ2v) is 23.0. The standard InChI is InChI=1S/C22H22N4O2.C21H21F2N3O2.C20H20ClN3O2/c1-13-18(11-24)22(14(2)26(13)16-5-3-15(10-23)4-6-16)21(28)12-25-17-7-8-19(25)20(27)9-17;1-11-5-15(21(28)10-25-13-3-4-19(25)20(27)8-13)12(2)26(11)14-6-17(22)16(9-24)18(23)7-14;1-12-16(19(26)11-23-15-6-7-17(23)18(25)8-15)9-20(21)24(12)14-4-2-13(10-22)3-5-14/h3-6,17,19-20,27H,7-9,12H2,1-2H3;5-7,13,19-20,27H,3-4,8,10H2,1-2H3;2-5,9,15,17-18,25H,6-8,11H2,1H3/t17?,19?,20-;13?,19?,20-;15?,17?,18-/m000/s1. The lowest BCUT2D eigenvalue weighted by Gasteiger charge is -2.21. The van der Waals surface area contributed by atoms with Crippen LogP contribution in [0.15, 0.2) is 72.8 Å². The number of Topliss-reactive ketones (excluding diaryl/α,β-unsaturated/α-hetero) is 3. The molecule has 12 rings (SSSR count). The van der Waals surface area contributed by atoms with E-state index in [0.29, 0.717) is 68.9 Å². The summed E-state index contributed by atoms with van der Waals surface area (Å²) in [7, 11) is 0. The molecule has 6 bridgehead atoms. The second kappa shape index (κ2) is 23.3. The van der Waals surface area contributed by atoms with Crippen molar-refractivity contribution in [3.8, 4) is 41.3 Å². The van der Waals surface area contributed by atoms with E-state index in [2.05, 4.69) is 32.9 Å². The van der Waals surface area contributed by atoms with Crippen LogP contribution in [-0.4, -0.2) is 135 Å². The van der Waals surface area contributed by atoms with E-state index in [-0.39, 0.29) is 84.6 Å². The van der Waals surface area contributed by atoms with Gasteiger partial charge in [0, 0.05) is 87.2 Å². The largest absolute Gasteiger partial charge is 0.391 e. The lowest BCUT2D eigenvalue weighted by Crippen LogP contribution is -2.36. The minimum Gasteiger partial charge on any atom is -0.391 e. The highest BCUT2D eigenvalue weighted by molar-refractivity contribution is 6.30. The summed E-state index contributed by atoms with van der Waals surface area (Å²) in [4.78, 5) is 45.4. The molecule has 6 aliphatic rings. The Morgan fingerprint density at radius 2 is 0.902 bits per heavy atom. The van der Waals surface area contributed by atoms with Crippen molar-refractivity contribution in [3.63, 3.8) is 0 Å². The summed E-state index contributed by atoms with van der Waals surface area (Å²) >= 11 is 6.40. The zero-order chi connectivity index (χ0) is 58.6. The van der Waals surface area contributed by atoms with E-state index in [1.165, 1.54) is 6.07 Å². The Hall–Kier alpha value is -7.62. The number of ketones is 3. The Morgan fingerprint density at radius 1 is 0.500 bits per heavy atom. The Bertz CT molecular complexity index is 3670. The third-order valence-electron chi connectivity index (χ3n) is 18.1. The first-order valence-corrected chi connectivity index (χ1v) is 28.1. The predicted octanol–water partition coefficient (Wildman–Crippen LogP) is 8.73. The number of aromatic nitrogens is 3. The first-order valence-electron chi connectivity index (χ1n) is 27.8. The fourth-order valence-corrected chi connectivity index (χ4v) is 14.5. The first-order chi connectivity index (χ1) is 39.3. The van der Waals surface area contributed by atoms with E-state index >= 15 is 0 Å². The highest BCUT2D eigenvalue weighted by Crippen LogP contribution is 2.41. The van der Waals surface area contributed by atoms with Gasteiger partial charge in [-0.15, -0.1) is 0 Å². The molecule has 3 N–H and O–H groups in total. The number of hydrogen-bond acceptors (Lipinski definition) is 13. The minimum atomic E-state index is -0.930. The molecule has 82 heavy (non-hydrogen) atoms. The maximum atomic E-state index is 14.1. The lowest BCUT2D eigenvalue weighted by molar-refractivity contribution is 0.0864. The van der Waals surface area contributed by atoms with Crippen LogP contribution in [-0.2, 0) is 0 Å². The van der Waals surface area contributed by atoms with Gasteiger partial charge in [0.25, 0.3) is 0 Å². The minimum absolute atomic E-state index is 0.0304. The van der Waals surface area contributed by atoms with Crippen molar-refractivity contribution in [1.82, 2.24) is 28.4 Å². The molecule has 0 radical (unpaired) electrons. The van der Waals surface area contributed by atoms with E-state index in [4.69, 9.17) is 27.4 Å².